The summed E-state index contributed by atoms with van der Waals surface area (Å²) in [6.07, 6.45) is 0. The molecule has 116 valence electrons. The second-order valence-corrected chi connectivity index (χ2v) is 5.98. The van der Waals surface area contributed by atoms with Gasteiger partial charge in [-0.05, 0) is 24.3 Å². The molecule has 0 unspecified atom stereocenters. The third-order valence-electron chi connectivity index (χ3n) is 2.84. The second-order valence-electron chi connectivity index (χ2n) is 4.11. The van der Waals surface area contributed by atoms with Crippen molar-refractivity contribution in [3.05, 3.63) is 46.5 Å². The molecule has 2 rings (SSSR count). The van der Waals surface area contributed by atoms with E-state index in [0.717, 1.165) is 6.07 Å². The molecule has 0 aliphatic rings. The predicted octanol–water partition coefficient (Wildman–Crippen LogP) is 1.84. The number of sulfone groups is 1. The molecule has 0 saturated carbocycles. The topological polar surface area (TPSA) is 109 Å². The van der Waals surface area contributed by atoms with E-state index in [1.807, 2.05) is 0 Å². The summed E-state index contributed by atoms with van der Waals surface area (Å²) in [5, 5.41) is 10.4. The number of rotatable bonds is 5. The molecule has 0 N–H and O–H groups in total. The van der Waals surface area contributed by atoms with Crippen molar-refractivity contribution in [3.8, 4) is 11.6 Å². The summed E-state index contributed by atoms with van der Waals surface area (Å²) in [4.78, 5) is 13.8. The van der Waals surface area contributed by atoms with Gasteiger partial charge in [-0.1, -0.05) is 0 Å². The summed E-state index contributed by atoms with van der Waals surface area (Å²) >= 11 is 0. The summed E-state index contributed by atoms with van der Waals surface area (Å²) < 4.78 is 34.9. The molecule has 0 radical (unpaired) electrons. The van der Waals surface area contributed by atoms with Crippen LogP contribution in [-0.4, -0.2) is 32.5 Å². The van der Waals surface area contributed by atoms with E-state index in [9.17, 15) is 18.5 Å². The Morgan fingerprint density at radius 1 is 1.05 bits per heavy atom. The van der Waals surface area contributed by atoms with Crippen LogP contribution in [0.1, 0.15) is 0 Å². The smallest absolute Gasteiger partial charge is 0.307 e. The minimum absolute atomic E-state index is 0.0299. The lowest BCUT2D eigenvalue weighted by Gasteiger charge is -2.07. The first-order chi connectivity index (χ1) is 10.4. The van der Waals surface area contributed by atoms with Crippen LogP contribution in [0.15, 0.2) is 46.3 Å². The molecular formula is C13H12N2O6S. The third kappa shape index (κ3) is 2.84. The first-order valence-corrected chi connectivity index (χ1v) is 7.47. The van der Waals surface area contributed by atoms with Gasteiger partial charge in [-0.25, -0.2) is 8.42 Å². The number of hydrogen-bond acceptors (Lipinski definition) is 7. The van der Waals surface area contributed by atoms with Gasteiger partial charge in [0.2, 0.25) is 20.7 Å². The molecule has 0 saturated heterocycles. The zero-order valence-corrected chi connectivity index (χ0v) is 12.5. The largest absolute Gasteiger partial charge is 0.497 e. The fourth-order valence-corrected chi connectivity index (χ4v) is 3.08. The highest BCUT2D eigenvalue weighted by atomic mass is 32.2. The number of hydrogen-bond donors (Lipinski definition) is 0. The normalized spacial score (nSPS) is 11.0. The van der Waals surface area contributed by atoms with Crippen LogP contribution < -0.4 is 9.47 Å². The van der Waals surface area contributed by atoms with Crippen molar-refractivity contribution < 1.29 is 22.8 Å². The van der Waals surface area contributed by atoms with Crippen molar-refractivity contribution in [1.29, 1.82) is 0 Å². The minimum Gasteiger partial charge on any atom is -0.497 e. The summed E-state index contributed by atoms with van der Waals surface area (Å²) in [6.45, 7) is 0. The van der Waals surface area contributed by atoms with Crippen LogP contribution in [0, 0.1) is 10.1 Å². The van der Waals surface area contributed by atoms with E-state index in [1.54, 1.807) is 0 Å². The SMILES string of the molecule is COc1ccc(S(=O)(=O)c2nc(OC)ccc2[N+](=O)[O-])cc1. The Morgan fingerprint density at radius 3 is 2.18 bits per heavy atom. The van der Waals surface area contributed by atoms with Gasteiger partial charge < -0.3 is 9.47 Å². The number of aromatic nitrogens is 1. The van der Waals surface area contributed by atoms with Crippen LogP contribution in [0.3, 0.4) is 0 Å². The molecule has 8 nitrogen and oxygen atoms in total. The number of methoxy groups -OCH3 is 2. The maximum absolute atomic E-state index is 12.6. The highest BCUT2D eigenvalue weighted by molar-refractivity contribution is 7.91. The van der Waals surface area contributed by atoms with Crippen molar-refractivity contribution >= 4 is 15.5 Å². The van der Waals surface area contributed by atoms with Gasteiger partial charge in [0.15, 0.2) is 0 Å². The molecule has 9 heteroatoms. The van der Waals surface area contributed by atoms with E-state index < -0.39 is 25.5 Å². The zero-order valence-electron chi connectivity index (χ0n) is 11.7. The van der Waals surface area contributed by atoms with Crippen LogP contribution in [0.5, 0.6) is 11.6 Å². The van der Waals surface area contributed by atoms with Gasteiger partial charge >= 0.3 is 5.69 Å². The molecule has 0 fully saturated rings. The summed E-state index contributed by atoms with van der Waals surface area (Å²) in [5.41, 5.74) is -0.614. The molecule has 0 amide bonds. The van der Waals surface area contributed by atoms with Gasteiger partial charge in [0.1, 0.15) is 5.75 Å². The minimum atomic E-state index is -4.16. The molecule has 1 aromatic heterocycles. The first-order valence-electron chi connectivity index (χ1n) is 5.98. The molecule has 0 atom stereocenters. The van der Waals surface area contributed by atoms with Gasteiger partial charge in [0, 0.05) is 12.1 Å². The van der Waals surface area contributed by atoms with E-state index in [2.05, 4.69) is 4.98 Å². The summed E-state index contributed by atoms with van der Waals surface area (Å²) in [5.74, 6) is 0.435. The van der Waals surface area contributed by atoms with E-state index >= 15 is 0 Å². The van der Waals surface area contributed by atoms with Crippen molar-refractivity contribution in [1.82, 2.24) is 4.98 Å². The lowest BCUT2D eigenvalue weighted by molar-refractivity contribution is -0.388. The maximum atomic E-state index is 12.6. The average Bonchev–Trinajstić information content (AvgIpc) is 2.54. The van der Waals surface area contributed by atoms with E-state index in [1.165, 1.54) is 44.6 Å². The highest BCUT2D eigenvalue weighted by Gasteiger charge is 2.30. The van der Waals surface area contributed by atoms with Crippen LogP contribution >= 0.6 is 0 Å². The molecule has 1 heterocycles. The van der Waals surface area contributed by atoms with Gasteiger partial charge in [-0.3, -0.25) is 10.1 Å². The predicted molar refractivity (Wildman–Crippen MR) is 75.9 cm³/mol. The highest BCUT2D eigenvalue weighted by Crippen LogP contribution is 2.30. The molecule has 22 heavy (non-hydrogen) atoms. The van der Waals surface area contributed by atoms with Crippen molar-refractivity contribution in [3.63, 3.8) is 0 Å². The summed E-state index contributed by atoms with van der Waals surface area (Å²) in [7, 11) is -1.43. The maximum Gasteiger partial charge on any atom is 0.307 e. The van der Waals surface area contributed by atoms with E-state index in [0.29, 0.717) is 5.75 Å². The van der Waals surface area contributed by atoms with E-state index in [-0.39, 0.29) is 10.8 Å². The number of pyridine rings is 1. The monoisotopic (exact) mass is 324 g/mol. The zero-order chi connectivity index (χ0) is 16.3. The second kappa shape index (κ2) is 5.98. The van der Waals surface area contributed by atoms with Gasteiger partial charge in [-0.2, -0.15) is 4.98 Å². The van der Waals surface area contributed by atoms with E-state index in [4.69, 9.17) is 9.47 Å². The quantitative estimate of drug-likeness (QED) is 0.609. The molecule has 0 bridgehead atoms. The van der Waals surface area contributed by atoms with Crippen LogP contribution in [0.4, 0.5) is 5.69 Å². The first kappa shape index (κ1) is 15.7. The average molecular weight is 324 g/mol. The Hall–Kier alpha value is -2.68. The molecule has 2 aromatic rings. The third-order valence-corrected chi connectivity index (χ3v) is 4.55. The number of ether oxygens (including phenoxy) is 2. The lowest BCUT2D eigenvalue weighted by Crippen LogP contribution is -2.09. The summed E-state index contributed by atoms with van der Waals surface area (Å²) in [6, 6.07) is 7.74. The molecule has 0 aliphatic carbocycles. The Labute approximate surface area is 126 Å². The molecule has 0 aliphatic heterocycles. The van der Waals surface area contributed by atoms with Crippen LogP contribution in [-0.2, 0) is 9.84 Å². The van der Waals surface area contributed by atoms with Gasteiger partial charge in [0.25, 0.3) is 0 Å². The Bertz CT molecular complexity index is 802. The van der Waals surface area contributed by atoms with Crippen molar-refractivity contribution in [2.75, 3.05) is 14.2 Å². The van der Waals surface area contributed by atoms with Gasteiger partial charge in [0.05, 0.1) is 24.0 Å². The Morgan fingerprint density at radius 2 is 1.68 bits per heavy atom. The number of nitrogens with zero attached hydrogens (tertiary/aromatic N) is 2. The lowest BCUT2D eigenvalue weighted by atomic mass is 10.3. The van der Waals surface area contributed by atoms with Crippen molar-refractivity contribution in [2.45, 2.75) is 9.92 Å². The Balaban J connectivity index is 2.63. The molecular weight excluding hydrogens is 312 g/mol. The number of nitro groups is 1. The Kier molecular flexibility index (Phi) is 4.27. The van der Waals surface area contributed by atoms with Crippen molar-refractivity contribution in [2.24, 2.45) is 0 Å². The molecule has 0 spiro atoms. The van der Waals surface area contributed by atoms with Crippen LogP contribution in [0.25, 0.3) is 0 Å². The molecule has 1 aromatic carbocycles. The fraction of sp³-hybridized carbons (Fsp3) is 0.154. The fourth-order valence-electron chi connectivity index (χ4n) is 1.73. The number of benzene rings is 1. The van der Waals surface area contributed by atoms with Crippen LogP contribution in [0.2, 0.25) is 0 Å². The van der Waals surface area contributed by atoms with Gasteiger partial charge in [-0.15, -0.1) is 0 Å². The standard InChI is InChI=1S/C13H12N2O6S/c1-20-9-3-5-10(6-4-9)22(18,19)13-11(15(16)17)7-8-12(14-13)21-2/h3-8H,1-2H3.